The predicted octanol–water partition coefficient (Wildman–Crippen LogP) is 1.54. The van der Waals surface area contributed by atoms with Crippen molar-refractivity contribution in [3.8, 4) is 0 Å². The van der Waals surface area contributed by atoms with Crippen molar-refractivity contribution in [2.75, 3.05) is 5.01 Å². The average molecular weight is 300 g/mol. The number of rotatable bonds is 2. The maximum atomic E-state index is 12.3. The van der Waals surface area contributed by atoms with Crippen LogP contribution in [0.5, 0.6) is 0 Å². The van der Waals surface area contributed by atoms with E-state index in [1.54, 1.807) is 11.9 Å². The Kier molecular flexibility index (Phi) is 3.60. The Hall–Kier alpha value is -2.37. The van der Waals surface area contributed by atoms with Crippen LogP contribution in [0, 0.1) is 5.92 Å². The van der Waals surface area contributed by atoms with Crippen LogP contribution in [0.2, 0.25) is 0 Å². The van der Waals surface area contributed by atoms with E-state index in [-0.39, 0.29) is 29.8 Å². The van der Waals surface area contributed by atoms with Crippen LogP contribution in [-0.4, -0.2) is 34.6 Å². The normalized spacial score (nSPS) is 27.9. The van der Waals surface area contributed by atoms with E-state index in [1.807, 2.05) is 42.3 Å². The molecule has 2 heterocycles. The van der Waals surface area contributed by atoms with Crippen LogP contribution in [0.25, 0.3) is 0 Å². The quantitative estimate of drug-likeness (QED) is 0.901. The standard InChI is InChI=1S/C16H20N4O2/c1-10-9-14(15-11(2)17-18-16(15)22)20(12(3)21)19(10)13-7-5-4-6-8-13/h4-8,10,14-15H,9H2,1-3H3,(H,18,22)/t10-,14+,15-/m1/s1. The molecule has 1 aromatic rings. The molecular formula is C16H20N4O2. The number of hydrogen-bond donors (Lipinski definition) is 1. The third-order valence-corrected chi connectivity index (χ3v) is 4.35. The van der Waals surface area contributed by atoms with Crippen molar-refractivity contribution >= 4 is 23.2 Å². The highest BCUT2D eigenvalue weighted by Gasteiger charge is 2.47. The molecule has 0 aromatic heterocycles. The van der Waals surface area contributed by atoms with Crippen molar-refractivity contribution in [2.45, 2.75) is 39.3 Å². The first kappa shape index (κ1) is 14.6. The molecule has 1 aromatic carbocycles. The van der Waals surface area contributed by atoms with Crippen LogP contribution in [0.15, 0.2) is 35.4 Å². The molecule has 1 N–H and O–H groups in total. The first-order valence-electron chi connectivity index (χ1n) is 7.48. The van der Waals surface area contributed by atoms with E-state index in [1.165, 1.54) is 0 Å². The number of anilines is 1. The van der Waals surface area contributed by atoms with Gasteiger partial charge < -0.3 is 0 Å². The van der Waals surface area contributed by atoms with E-state index >= 15 is 0 Å². The van der Waals surface area contributed by atoms with Gasteiger partial charge in [0.2, 0.25) is 5.91 Å². The van der Waals surface area contributed by atoms with E-state index in [9.17, 15) is 9.59 Å². The fourth-order valence-corrected chi connectivity index (χ4v) is 3.47. The zero-order chi connectivity index (χ0) is 15.9. The minimum atomic E-state index is -0.375. The number of para-hydroxylation sites is 1. The van der Waals surface area contributed by atoms with Gasteiger partial charge in [0.05, 0.1) is 11.7 Å². The molecule has 1 saturated heterocycles. The number of benzene rings is 1. The molecule has 6 heteroatoms. The van der Waals surface area contributed by atoms with Crippen LogP contribution < -0.4 is 10.4 Å². The second-order valence-electron chi connectivity index (χ2n) is 5.90. The fraction of sp³-hybridized carbons (Fsp3) is 0.438. The van der Waals surface area contributed by atoms with Gasteiger partial charge in [0.15, 0.2) is 0 Å². The van der Waals surface area contributed by atoms with Crippen LogP contribution in [0.4, 0.5) is 5.69 Å². The third-order valence-electron chi connectivity index (χ3n) is 4.35. The monoisotopic (exact) mass is 300 g/mol. The van der Waals surface area contributed by atoms with Gasteiger partial charge in [-0.25, -0.2) is 10.4 Å². The van der Waals surface area contributed by atoms with Crippen molar-refractivity contribution in [3.05, 3.63) is 30.3 Å². The Morgan fingerprint density at radius 1 is 1.32 bits per heavy atom. The van der Waals surface area contributed by atoms with Gasteiger partial charge in [0.25, 0.3) is 5.91 Å². The maximum absolute atomic E-state index is 12.3. The van der Waals surface area contributed by atoms with E-state index in [2.05, 4.69) is 17.5 Å². The van der Waals surface area contributed by atoms with Crippen LogP contribution >= 0.6 is 0 Å². The summed E-state index contributed by atoms with van der Waals surface area (Å²) in [6.45, 7) is 5.44. The molecule has 116 valence electrons. The second kappa shape index (κ2) is 5.44. The lowest BCUT2D eigenvalue weighted by Crippen LogP contribution is -2.51. The van der Waals surface area contributed by atoms with Gasteiger partial charge >= 0.3 is 0 Å². The van der Waals surface area contributed by atoms with Crippen molar-refractivity contribution in [1.82, 2.24) is 10.4 Å². The number of hydrazine groups is 1. The molecule has 22 heavy (non-hydrogen) atoms. The fourth-order valence-electron chi connectivity index (χ4n) is 3.47. The third kappa shape index (κ3) is 2.24. The van der Waals surface area contributed by atoms with E-state index in [0.29, 0.717) is 0 Å². The molecule has 3 rings (SSSR count). The van der Waals surface area contributed by atoms with E-state index < -0.39 is 0 Å². The highest BCUT2D eigenvalue weighted by atomic mass is 16.2. The molecule has 6 nitrogen and oxygen atoms in total. The summed E-state index contributed by atoms with van der Waals surface area (Å²) in [5.41, 5.74) is 4.22. The maximum Gasteiger partial charge on any atom is 0.251 e. The molecular weight excluding hydrogens is 280 g/mol. The Morgan fingerprint density at radius 2 is 2.00 bits per heavy atom. The second-order valence-corrected chi connectivity index (χ2v) is 5.90. The summed E-state index contributed by atoms with van der Waals surface area (Å²) >= 11 is 0. The molecule has 0 unspecified atom stereocenters. The van der Waals surface area contributed by atoms with Gasteiger partial charge in [-0.15, -0.1) is 0 Å². The molecule has 3 atom stereocenters. The molecule has 2 aliphatic rings. The summed E-state index contributed by atoms with van der Waals surface area (Å²) < 4.78 is 0. The largest absolute Gasteiger partial charge is 0.280 e. The Bertz CT molecular complexity index is 628. The van der Waals surface area contributed by atoms with Crippen LogP contribution in [-0.2, 0) is 9.59 Å². The molecule has 1 fully saturated rings. The van der Waals surface area contributed by atoms with Gasteiger partial charge in [-0.1, -0.05) is 18.2 Å². The van der Waals surface area contributed by atoms with Crippen molar-refractivity contribution in [2.24, 2.45) is 11.0 Å². The van der Waals surface area contributed by atoms with Gasteiger partial charge in [-0.3, -0.25) is 14.6 Å². The molecule has 0 bridgehead atoms. The molecule has 0 spiro atoms. The molecule has 2 aliphatic heterocycles. The number of hydrazone groups is 1. The number of amides is 2. The van der Waals surface area contributed by atoms with Gasteiger partial charge in [-0.05, 0) is 32.4 Å². The summed E-state index contributed by atoms with van der Waals surface area (Å²) in [5, 5.41) is 7.73. The Morgan fingerprint density at radius 3 is 2.55 bits per heavy atom. The lowest BCUT2D eigenvalue weighted by molar-refractivity contribution is -0.132. The smallest absolute Gasteiger partial charge is 0.251 e. The summed E-state index contributed by atoms with van der Waals surface area (Å²) in [6.07, 6.45) is 0.736. The number of nitrogens with one attached hydrogen (secondary N) is 1. The molecule has 2 amide bonds. The molecule has 0 aliphatic carbocycles. The highest BCUT2D eigenvalue weighted by Crippen LogP contribution is 2.35. The lowest BCUT2D eigenvalue weighted by atomic mass is 9.91. The number of carbonyl (C=O) groups excluding carboxylic acids is 2. The predicted molar refractivity (Wildman–Crippen MR) is 84.0 cm³/mol. The molecule has 0 saturated carbocycles. The number of carbonyl (C=O) groups is 2. The van der Waals surface area contributed by atoms with Crippen molar-refractivity contribution < 1.29 is 9.59 Å². The van der Waals surface area contributed by atoms with Crippen LogP contribution in [0.3, 0.4) is 0 Å². The summed E-state index contributed by atoms with van der Waals surface area (Å²) in [6, 6.07) is 9.73. The number of nitrogens with zero attached hydrogens (tertiary/aromatic N) is 3. The Labute approximate surface area is 129 Å². The van der Waals surface area contributed by atoms with E-state index in [0.717, 1.165) is 17.8 Å². The minimum Gasteiger partial charge on any atom is -0.280 e. The Balaban J connectivity index is 1.98. The zero-order valence-electron chi connectivity index (χ0n) is 13.0. The van der Waals surface area contributed by atoms with E-state index in [4.69, 9.17) is 0 Å². The van der Waals surface area contributed by atoms with Gasteiger partial charge in [-0.2, -0.15) is 5.10 Å². The SMILES string of the molecule is CC(=O)N1[C@H]([C@@H]2C(=O)NN=C2C)C[C@@H](C)N1c1ccccc1. The summed E-state index contributed by atoms with van der Waals surface area (Å²) in [5.74, 6) is -0.568. The first-order chi connectivity index (χ1) is 10.5. The summed E-state index contributed by atoms with van der Waals surface area (Å²) in [7, 11) is 0. The molecule has 0 radical (unpaired) electrons. The highest BCUT2D eigenvalue weighted by molar-refractivity contribution is 6.08. The van der Waals surface area contributed by atoms with Crippen LogP contribution in [0.1, 0.15) is 27.2 Å². The van der Waals surface area contributed by atoms with Crippen molar-refractivity contribution in [3.63, 3.8) is 0 Å². The average Bonchev–Trinajstić information content (AvgIpc) is 2.99. The van der Waals surface area contributed by atoms with Crippen molar-refractivity contribution in [1.29, 1.82) is 0 Å². The van der Waals surface area contributed by atoms with Gasteiger partial charge in [0.1, 0.15) is 5.92 Å². The zero-order valence-corrected chi connectivity index (χ0v) is 13.0. The lowest BCUT2D eigenvalue weighted by Gasteiger charge is -2.36. The minimum absolute atomic E-state index is 0.0642. The van der Waals surface area contributed by atoms with Gasteiger partial charge in [0, 0.05) is 18.7 Å². The number of hydrogen-bond acceptors (Lipinski definition) is 4. The first-order valence-corrected chi connectivity index (χ1v) is 7.48. The topological polar surface area (TPSA) is 65.0 Å². The summed E-state index contributed by atoms with van der Waals surface area (Å²) in [4.78, 5) is 24.4.